The number of carboxylic acid groups (broad SMARTS) is 1. The molecule has 0 aliphatic rings. The van der Waals surface area contributed by atoms with Crippen molar-refractivity contribution >= 4 is 16.9 Å². The van der Waals surface area contributed by atoms with Crippen molar-refractivity contribution in [3.63, 3.8) is 0 Å². The summed E-state index contributed by atoms with van der Waals surface area (Å²) in [5, 5.41) is 9.94. The number of benzene rings is 1. The first-order valence-electron chi connectivity index (χ1n) is 5.54. The Labute approximate surface area is 100.0 Å². The Balaban J connectivity index is 2.56. The normalized spacial score (nSPS) is 10.5. The van der Waals surface area contributed by atoms with Crippen LogP contribution in [-0.2, 0) is 6.54 Å². The van der Waals surface area contributed by atoms with E-state index >= 15 is 0 Å². The van der Waals surface area contributed by atoms with Crippen LogP contribution in [0.3, 0.4) is 0 Å². The number of para-hydroxylation sites is 1. The second-order valence-electron chi connectivity index (χ2n) is 4.30. The molecular formula is C14H15NO2. The molecule has 0 aliphatic carbocycles. The van der Waals surface area contributed by atoms with Crippen LogP contribution in [0.1, 0.15) is 24.2 Å². The highest BCUT2D eigenvalue weighted by Gasteiger charge is 2.12. The molecule has 17 heavy (non-hydrogen) atoms. The van der Waals surface area contributed by atoms with Gasteiger partial charge in [0.05, 0.1) is 5.56 Å². The molecule has 0 fully saturated rings. The van der Waals surface area contributed by atoms with E-state index in [1.807, 2.05) is 42.7 Å². The highest BCUT2D eigenvalue weighted by molar-refractivity contribution is 6.03. The van der Waals surface area contributed by atoms with E-state index < -0.39 is 5.97 Å². The zero-order valence-electron chi connectivity index (χ0n) is 9.97. The second kappa shape index (κ2) is 4.45. The lowest BCUT2D eigenvalue weighted by molar-refractivity contribution is 0.0699. The van der Waals surface area contributed by atoms with Crippen molar-refractivity contribution in [2.75, 3.05) is 0 Å². The molecule has 0 saturated heterocycles. The molecule has 0 atom stereocenters. The maximum Gasteiger partial charge on any atom is 0.337 e. The topological polar surface area (TPSA) is 42.2 Å². The molecule has 0 unspecified atom stereocenters. The average molecular weight is 229 g/mol. The van der Waals surface area contributed by atoms with Gasteiger partial charge in [-0.05, 0) is 19.9 Å². The van der Waals surface area contributed by atoms with Crippen molar-refractivity contribution in [3.8, 4) is 0 Å². The number of hydrogen-bond donors (Lipinski definition) is 1. The van der Waals surface area contributed by atoms with Gasteiger partial charge in [0.25, 0.3) is 0 Å². The highest BCUT2D eigenvalue weighted by Crippen LogP contribution is 2.21. The third-order valence-electron chi connectivity index (χ3n) is 2.72. The molecule has 0 radical (unpaired) electrons. The molecule has 3 heteroatoms. The first-order chi connectivity index (χ1) is 8.09. The Hall–Kier alpha value is -2.03. The first kappa shape index (κ1) is 11.5. The van der Waals surface area contributed by atoms with E-state index in [1.165, 1.54) is 5.57 Å². The van der Waals surface area contributed by atoms with E-state index in [-0.39, 0.29) is 0 Å². The molecule has 0 aliphatic heterocycles. The summed E-state index contributed by atoms with van der Waals surface area (Å²) in [6, 6.07) is 7.57. The molecule has 0 bridgehead atoms. The average Bonchev–Trinajstić information content (AvgIpc) is 2.65. The SMILES string of the molecule is CC(C)=CCn1cc(C(=O)O)c2ccccc21. The van der Waals surface area contributed by atoms with Gasteiger partial charge in [0, 0.05) is 23.6 Å². The number of allylic oxidation sites excluding steroid dienone is 2. The Morgan fingerprint density at radius 2 is 2.06 bits per heavy atom. The summed E-state index contributed by atoms with van der Waals surface area (Å²) in [7, 11) is 0. The number of carbonyl (C=O) groups is 1. The van der Waals surface area contributed by atoms with E-state index in [2.05, 4.69) is 6.08 Å². The van der Waals surface area contributed by atoms with E-state index in [0.29, 0.717) is 12.1 Å². The van der Waals surface area contributed by atoms with Crippen LogP contribution in [0, 0.1) is 0 Å². The zero-order valence-corrected chi connectivity index (χ0v) is 9.97. The lowest BCUT2D eigenvalue weighted by Crippen LogP contribution is -1.95. The van der Waals surface area contributed by atoms with Gasteiger partial charge in [-0.1, -0.05) is 29.8 Å². The maximum absolute atomic E-state index is 11.1. The van der Waals surface area contributed by atoms with E-state index in [0.717, 1.165) is 10.9 Å². The quantitative estimate of drug-likeness (QED) is 0.820. The van der Waals surface area contributed by atoms with Crippen molar-refractivity contribution in [2.45, 2.75) is 20.4 Å². The van der Waals surface area contributed by atoms with Gasteiger partial charge < -0.3 is 9.67 Å². The van der Waals surface area contributed by atoms with Crippen LogP contribution in [0.4, 0.5) is 0 Å². The Morgan fingerprint density at radius 1 is 1.35 bits per heavy atom. The number of fused-ring (bicyclic) bond motifs is 1. The smallest absolute Gasteiger partial charge is 0.337 e. The Kier molecular flexibility index (Phi) is 3.00. The molecule has 0 amide bonds. The van der Waals surface area contributed by atoms with Gasteiger partial charge in [-0.25, -0.2) is 4.79 Å². The van der Waals surface area contributed by atoms with Gasteiger partial charge in [-0.15, -0.1) is 0 Å². The third-order valence-corrected chi connectivity index (χ3v) is 2.72. The number of rotatable bonds is 3. The van der Waals surface area contributed by atoms with Crippen molar-refractivity contribution in [1.29, 1.82) is 0 Å². The van der Waals surface area contributed by atoms with Gasteiger partial charge in [0.2, 0.25) is 0 Å². The van der Waals surface area contributed by atoms with Gasteiger partial charge >= 0.3 is 5.97 Å². The molecule has 2 rings (SSSR count). The first-order valence-corrected chi connectivity index (χ1v) is 5.54. The van der Waals surface area contributed by atoms with Crippen molar-refractivity contribution in [3.05, 3.63) is 47.7 Å². The standard InChI is InChI=1S/C14H15NO2/c1-10(2)7-8-15-9-12(14(16)17)11-5-3-4-6-13(11)15/h3-7,9H,8H2,1-2H3,(H,16,17). The highest BCUT2D eigenvalue weighted by atomic mass is 16.4. The Bertz CT molecular complexity index is 589. The van der Waals surface area contributed by atoms with Crippen molar-refractivity contribution in [1.82, 2.24) is 4.57 Å². The molecule has 2 aromatic rings. The fourth-order valence-corrected chi connectivity index (χ4v) is 1.85. The monoisotopic (exact) mass is 229 g/mol. The van der Waals surface area contributed by atoms with Crippen molar-refractivity contribution in [2.24, 2.45) is 0 Å². The fourth-order valence-electron chi connectivity index (χ4n) is 1.85. The lowest BCUT2D eigenvalue weighted by Gasteiger charge is -2.01. The largest absolute Gasteiger partial charge is 0.478 e. The number of hydrogen-bond acceptors (Lipinski definition) is 1. The summed E-state index contributed by atoms with van der Waals surface area (Å²) >= 11 is 0. The molecule has 0 spiro atoms. The molecule has 0 saturated carbocycles. The predicted molar refractivity (Wildman–Crippen MR) is 68.3 cm³/mol. The maximum atomic E-state index is 11.1. The van der Waals surface area contributed by atoms with E-state index in [1.54, 1.807) is 6.20 Å². The second-order valence-corrected chi connectivity index (χ2v) is 4.30. The van der Waals surface area contributed by atoms with Gasteiger partial charge in [0.15, 0.2) is 0 Å². The van der Waals surface area contributed by atoms with Gasteiger partial charge in [-0.2, -0.15) is 0 Å². The summed E-state index contributed by atoms with van der Waals surface area (Å²) < 4.78 is 1.96. The molecule has 88 valence electrons. The molecule has 1 N–H and O–H groups in total. The fraction of sp³-hybridized carbons (Fsp3) is 0.214. The summed E-state index contributed by atoms with van der Waals surface area (Å²) in [6.07, 6.45) is 3.78. The summed E-state index contributed by atoms with van der Waals surface area (Å²) in [4.78, 5) is 11.1. The summed E-state index contributed by atoms with van der Waals surface area (Å²) in [5.74, 6) is -0.878. The zero-order chi connectivity index (χ0) is 12.4. The minimum atomic E-state index is -0.878. The third kappa shape index (κ3) is 2.23. The molecule has 1 aromatic carbocycles. The minimum absolute atomic E-state index is 0.364. The van der Waals surface area contributed by atoms with E-state index in [9.17, 15) is 4.79 Å². The number of carboxylic acids is 1. The van der Waals surface area contributed by atoms with Crippen LogP contribution < -0.4 is 0 Å². The predicted octanol–water partition coefficient (Wildman–Crippen LogP) is 3.31. The number of nitrogens with zero attached hydrogens (tertiary/aromatic N) is 1. The number of aromatic carboxylic acids is 1. The van der Waals surface area contributed by atoms with E-state index in [4.69, 9.17) is 5.11 Å². The lowest BCUT2D eigenvalue weighted by atomic mass is 10.2. The van der Waals surface area contributed by atoms with Gasteiger partial charge in [0.1, 0.15) is 0 Å². The van der Waals surface area contributed by atoms with Crippen LogP contribution >= 0.6 is 0 Å². The minimum Gasteiger partial charge on any atom is -0.478 e. The van der Waals surface area contributed by atoms with Crippen LogP contribution in [0.2, 0.25) is 0 Å². The van der Waals surface area contributed by atoms with Crippen molar-refractivity contribution < 1.29 is 9.90 Å². The van der Waals surface area contributed by atoms with Gasteiger partial charge in [-0.3, -0.25) is 0 Å². The summed E-state index contributed by atoms with van der Waals surface area (Å²) in [5.41, 5.74) is 2.55. The molecule has 1 heterocycles. The van der Waals surface area contributed by atoms with Crippen LogP contribution in [0.15, 0.2) is 42.1 Å². The molecular weight excluding hydrogens is 214 g/mol. The van der Waals surface area contributed by atoms with Crippen LogP contribution in [0.25, 0.3) is 10.9 Å². The number of aromatic nitrogens is 1. The molecule has 3 nitrogen and oxygen atoms in total. The molecule has 1 aromatic heterocycles. The Morgan fingerprint density at radius 3 is 2.71 bits per heavy atom. The van der Waals surface area contributed by atoms with Crippen LogP contribution in [0.5, 0.6) is 0 Å². The summed E-state index contributed by atoms with van der Waals surface area (Å²) in [6.45, 7) is 4.77. The van der Waals surface area contributed by atoms with Crippen LogP contribution in [-0.4, -0.2) is 15.6 Å².